The molecule has 2 N–H and O–H groups in total. The second kappa shape index (κ2) is 10.8. The number of benzene rings is 3. The zero-order chi connectivity index (χ0) is 28.6. The molecule has 0 spiro atoms. The lowest BCUT2D eigenvalue weighted by molar-refractivity contribution is -0.132. The highest BCUT2D eigenvalue weighted by molar-refractivity contribution is 6.52. The van der Waals surface area contributed by atoms with E-state index in [1.807, 2.05) is 24.3 Å². The van der Waals surface area contributed by atoms with Crippen LogP contribution in [0, 0.1) is 0 Å². The maximum Gasteiger partial charge on any atom is 0.300 e. The molecular weight excluding hydrogens is 539 g/mol. The first-order chi connectivity index (χ1) is 18.3. The van der Waals surface area contributed by atoms with E-state index < -0.39 is 23.5 Å². The average molecular weight is 567 g/mol. The van der Waals surface area contributed by atoms with Crippen LogP contribution in [0.2, 0.25) is 10.0 Å². The zero-order valence-electron chi connectivity index (χ0n) is 22.1. The number of aliphatic hydroxyl groups excluding tert-OH is 1. The molecule has 7 nitrogen and oxygen atoms in total. The molecule has 1 unspecified atom stereocenters. The fourth-order valence-corrected chi connectivity index (χ4v) is 5.18. The first-order valence-corrected chi connectivity index (χ1v) is 12.9. The van der Waals surface area contributed by atoms with Gasteiger partial charge in [-0.25, -0.2) is 0 Å². The predicted octanol–water partition coefficient (Wildman–Crippen LogP) is 6.88. The van der Waals surface area contributed by atoms with Crippen molar-refractivity contribution in [2.24, 2.45) is 0 Å². The zero-order valence-corrected chi connectivity index (χ0v) is 23.6. The summed E-state index contributed by atoms with van der Waals surface area (Å²) in [6.45, 7) is 7.61. The van der Waals surface area contributed by atoms with E-state index in [9.17, 15) is 19.5 Å². The van der Waals surface area contributed by atoms with E-state index in [0.717, 1.165) is 5.56 Å². The predicted molar refractivity (Wildman–Crippen MR) is 154 cm³/mol. The van der Waals surface area contributed by atoms with Crippen molar-refractivity contribution < 1.29 is 24.2 Å². The Balaban J connectivity index is 1.98. The molecule has 202 valence electrons. The molecule has 0 aromatic heterocycles. The number of halogens is 2. The van der Waals surface area contributed by atoms with Crippen molar-refractivity contribution in [3.63, 3.8) is 0 Å². The number of hydrogen-bond donors (Lipinski definition) is 2. The summed E-state index contributed by atoms with van der Waals surface area (Å²) in [6, 6.07) is 16.0. The Morgan fingerprint density at radius 1 is 1.03 bits per heavy atom. The first kappa shape index (κ1) is 28.2. The van der Waals surface area contributed by atoms with Crippen LogP contribution in [0.25, 0.3) is 5.76 Å². The van der Waals surface area contributed by atoms with Crippen LogP contribution in [0.3, 0.4) is 0 Å². The molecule has 1 saturated heterocycles. The maximum atomic E-state index is 13.6. The van der Waals surface area contributed by atoms with Crippen LogP contribution in [-0.2, 0) is 19.8 Å². The van der Waals surface area contributed by atoms with Gasteiger partial charge in [-0.1, -0.05) is 74.3 Å². The second-order valence-corrected chi connectivity index (χ2v) is 11.1. The fourth-order valence-electron chi connectivity index (χ4n) is 4.61. The summed E-state index contributed by atoms with van der Waals surface area (Å²) in [5, 5.41) is 14.6. The molecule has 0 saturated carbocycles. The summed E-state index contributed by atoms with van der Waals surface area (Å²) >= 11 is 12.5. The van der Waals surface area contributed by atoms with Crippen molar-refractivity contribution in [1.29, 1.82) is 0 Å². The summed E-state index contributed by atoms with van der Waals surface area (Å²) < 4.78 is 5.40. The third-order valence-corrected chi connectivity index (χ3v) is 6.95. The van der Waals surface area contributed by atoms with Crippen LogP contribution in [0.5, 0.6) is 5.75 Å². The van der Waals surface area contributed by atoms with Gasteiger partial charge in [0.25, 0.3) is 11.7 Å². The fraction of sp³-hybridized carbons (Fsp3) is 0.233. The van der Waals surface area contributed by atoms with Crippen molar-refractivity contribution in [2.75, 3.05) is 17.3 Å². The number of amides is 2. The number of carbonyl (C=O) groups excluding carboxylic acids is 3. The highest BCUT2D eigenvalue weighted by Gasteiger charge is 2.47. The van der Waals surface area contributed by atoms with E-state index in [2.05, 4.69) is 26.1 Å². The van der Waals surface area contributed by atoms with Gasteiger partial charge in [0, 0.05) is 23.3 Å². The number of rotatable bonds is 5. The van der Waals surface area contributed by atoms with Crippen molar-refractivity contribution in [2.45, 2.75) is 39.2 Å². The molecular formula is C30H28Cl2N2O5. The number of hydrogen-bond acceptors (Lipinski definition) is 5. The van der Waals surface area contributed by atoms with Gasteiger partial charge in [-0.2, -0.15) is 0 Å². The molecule has 0 bridgehead atoms. The Labute approximate surface area is 237 Å². The average Bonchev–Trinajstić information content (AvgIpc) is 3.12. The van der Waals surface area contributed by atoms with Crippen molar-refractivity contribution >= 4 is 57.9 Å². The summed E-state index contributed by atoms with van der Waals surface area (Å²) in [5.41, 5.74) is 2.27. The van der Waals surface area contributed by atoms with Gasteiger partial charge in [-0.3, -0.25) is 19.3 Å². The van der Waals surface area contributed by atoms with Gasteiger partial charge in [-0.15, -0.1) is 0 Å². The Morgan fingerprint density at radius 2 is 1.69 bits per heavy atom. The first-order valence-electron chi connectivity index (χ1n) is 12.2. The normalized spacial score (nSPS) is 16.9. The van der Waals surface area contributed by atoms with Crippen molar-refractivity contribution in [3.05, 3.63) is 93.0 Å². The minimum atomic E-state index is -0.992. The van der Waals surface area contributed by atoms with E-state index in [1.165, 1.54) is 31.1 Å². The van der Waals surface area contributed by atoms with Crippen LogP contribution < -0.4 is 15.0 Å². The number of anilines is 2. The number of ketones is 1. The van der Waals surface area contributed by atoms with E-state index in [4.69, 9.17) is 27.9 Å². The maximum absolute atomic E-state index is 13.6. The lowest BCUT2D eigenvalue weighted by Gasteiger charge is -2.27. The molecule has 1 atom stereocenters. The SMILES string of the molecule is COc1c(Cl)cc(Cl)cc1/C(O)=C1\C(=O)C(=O)N(c2cccc(NC(C)=O)c2)C1c1ccc(C(C)(C)C)cc1. The van der Waals surface area contributed by atoms with Crippen LogP contribution in [0.1, 0.15) is 50.4 Å². The van der Waals surface area contributed by atoms with E-state index in [1.54, 1.807) is 24.3 Å². The molecule has 39 heavy (non-hydrogen) atoms. The van der Waals surface area contributed by atoms with Gasteiger partial charge in [0.15, 0.2) is 0 Å². The molecule has 1 aliphatic heterocycles. The standard InChI is InChI=1S/C30H28Cl2N2O5/c1-16(35)33-20-7-6-8-21(15-20)34-25(17-9-11-18(12-10-17)30(2,3)4)24(27(37)29(34)38)26(36)22-13-19(31)14-23(32)28(22)39-5/h6-15,25,36H,1-5H3,(H,33,35)/b26-24+. The third kappa shape index (κ3) is 5.51. The number of ether oxygens (including phenoxy) is 1. The van der Waals surface area contributed by atoms with Crippen LogP contribution in [-0.4, -0.2) is 29.8 Å². The van der Waals surface area contributed by atoms with Gasteiger partial charge in [0.2, 0.25) is 5.91 Å². The largest absolute Gasteiger partial charge is 0.507 e. The molecule has 3 aromatic carbocycles. The molecule has 0 aliphatic carbocycles. The van der Waals surface area contributed by atoms with Gasteiger partial charge in [-0.05, 0) is 46.9 Å². The number of methoxy groups -OCH3 is 1. The van der Waals surface area contributed by atoms with Gasteiger partial charge >= 0.3 is 0 Å². The highest BCUT2D eigenvalue weighted by atomic mass is 35.5. The quantitative estimate of drug-likeness (QED) is 0.199. The summed E-state index contributed by atoms with van der Waals surface area (Å²) in [4.78, 5) is 40.1. The lowest BCUT2D eigenvalue weighted by atomic mass is 9.85. The Morgan fingerprint density at radius 3 is 2.28 bits per heavy atom. The molecule has 9 heteroatoms. The minimum absolute atomic E-state index is 0.0799. The monoisotopic (exact) mass is 566 g/mol. The number of nitrogens with one attached hydrogen (secondary N) is 1. The van der Waals surface area contributed by atoms with E-state index in [-0.39, 0.29) is 38.3 Å². The van der Waals surface area contributed by atoms with Gasteiger partial charge < -0.3 is 15.2 Å². The van der Waals surface area contributed by atoms with E-state index in [0.29, 0.717) is 16.9 Å². The Bertz CT molecular complexity index is 1510. The summed E-state index contributed by atoms with van der Waals surface area (Å²) in [6.07, 6.45) is 0. The summed E-state index contributed by atoms with van der Waals surface area (Å²) in [7, 11) is 1.38. The number of carbonyl (C=O) groups is 3. The second-order valence-electron chi connectivity index (χ2n) is 10.2. The highest BCUT2D eigenvalue weighted by Crippen LogP contribution is 2.45. The van der Waals surface area contributed by atoms with E-state index >= 15 is 0 Å². The molecule has 0 radical (unpaired) electrons. The molecule has 1 heterocycles. The third-order valence-electron chi connectivity index (χ3n) is 6.45. The minimum Gasteiger partial charge on any atom is -0.507 e. The molecule has 3 aromatic rings. The van der Waals surface area contributed by atoms with Gasteiger partial charge in [0.05, 0.1) is 29.3 Å². The smallest absolute Gasteiger partial charge is 0.300 e. The molecule has 1 fully saturated rings. The van der Waals surface area contributed by atoms with Crippen LogP contribution >= 0.6 is 23.2 Å². The van der Waals surface area contributed by atoms with Gasteiger partial charge in [0.1, 0.15) is 11.5 Å². The Kier molecular flexibility index (Phi) is 7.77. The lowest BCUT2D eigenvalue weighted by Crippen LogP contribution is -2.29. The number of aliphatic hydroxyl groups is 1. The molecule has 2 amide bonds. The molecule has 1 aliphatic rings. The van der Waals surface area contributed by atoms with Crippen LogP contribution in [0.15, 0.2) is 66.2 Å². The Hall–Kier alpha value is -3.81. The molecule has 4 rings (SSSR count). The number of Topliss-reactive ketones (excluding diaryl/α,β-unsaturated/α-hetero) is 1. The summed E-state index contributed by atoms with van der Waals surface area (Å²) in [5.74, 6) is -2.37. The van der Waals surface area contributed by atoms with Crippen molar-refractivity contribution in [1.82, 2.24) is 0 Å². The number of nitrogens with zero attached hydrogens (tertiary/aromatic N) is 1. The van der Waals surface area contributed by atoms with Crippen molar-refractivity contribution in [3.8, 4) is 5.75 Å². The van der Waals surface area contributed by atoms with Crippen LogP contribution in [0.4, 0.5) is 11.4 Å². The topological polar surface area (TPSA) is 95.9 Å².